The molecule has 122 valence electrons. The van der Waals surface area contributed by atoms with E-state index in [-0.39, 0.29) is 6.04 Å². The minimum Gasteiger partial charge on any atom is -0.383 e. The highest BCUT2D eigenvalue weighted by atomic mass is 32.2. The van der Waals surface area contributed by atoms with Crippen molar-refractivity contribution in [2.45, 2.75) is 18.9 Å². The van der Waals surface area contributed by atoms with Crippen LogP contribution in [0.4, 0.5) is 0 Å². The zero-order chi connectivity index (χ0) is 15.8. The molecule has 1 atom stereocenters. The van der Waals surface area contributed by atoms with Crippen LogP contribution in [0.2, 0.25) is 0 Å². The van der Waals surface area contributed by atoms with E-state index in [0.29, 0.717) is 6.61 Å². The van der Waals surface area contributed by atoms with E-state index in [4.69, 9.17) is 4.74 Å². The van der Waals surface area contributed by atoms with Crippen molar-refractivity contribution in [3.63, 3.8) is 0 Å². The highest BCUT2D eigenvalue weighted by Crippen LogP contribution is 2.11. The van der Waals surface area contributed by atoms with Gasteiger partial charge in [-0.2, -0.15) is 0 Å². The second-order valence-corrected chi connectivity index (χ2v) is 7.11. The van der Waals surface area contributed by atoms with Gasteiger partial charge < -0.3 is 4.74 Å². The molecule has 1 saturated heterocycles. The zero-order valence-electron chi connectivity index (χ0n) is 12.9. The number of methoxy groups -OCH3 is 1. The largest absolute Gasteiger partial charge is 0.383 e. The summed E-state index contributed by atoms with van der Waals surface area (Å²) in [5.74, 6) is 0. The van der Waals surface area contributed by atoms with Crippen LogP contribution in [0, 0.1) is 0 Å². The Kier molecular flexibility index (Phi) is 6.57. The topological polar surface area (TPSA) is 58.6 Å². The molecule has 6 heteroatoms. The number of ether oxygens (including phenoxy) is 1. The van der Waals surface area contributed by atoms with E-state index in [0.717, 1.165) is 38.0 Å². The molecule has 1 N–H and O–H groups in total. The highest BCUT2D eigenvalue weighted by molar-refractivity contribution is 7.92. The molecular weight excluding hydrogens is 300 g/mol. The van der Waals surface area contributed by atoms with Crippen molar-refractivity contribution in [1.82, 2.24) is 9.62 Å². The summed E-state index contributed by atoms with van der Waals surface area (Å²) in [5, 5.41) is 1.25. The molecule has 1 fully saturated rings. The van der Waals surface area contributed by atoms with Gasteiger partial charge in [0.25, 0.3) is 0 Å². The Labute approximate surface area is 133 Å². The number of piperidine rings is 1. The molecule has 0 saturated carbocycles. The van der Waals surface area contributed by atoms with Crippen LogP contribution in [0.1, 0.15) is 18.4 Å². The molecule has 1 unspecified atom stereocenters. The molecule has 22 heavy (non-hydrogen) atoms. The summed E-state index contributed by atoms with van der Waals surface area (Å²) < 4.78 is 32.2. The van der Waals surface area contributed by atoms with Crippen LogP contribution in [0.25, 0.3) is 6.08 Å². The predicted octanol–water partition coefficient (Wildman–Crippen LogP) is 1.69. The SMILES string of the molecule is COCCN1CCCC(NS(=O)(=O)/C=C/c2ccccc2)C1. The third-order valence-corrected chi connectivity index (χ3v) is 4.84. The second-order valence-electron chi connectivity index (χ2n) is 5.51. The first-order valence-corrected chi connectivity index (χ1v) is 9.10. The Morgan fingerprint density at radius 2 is 2.14 bits per heavy atom. The second kappa shape index (κ2) is 8.43. The maximum atomic E-state index is 12.2. The van der Waals surface area contributed by atoms with Gasteiger partial charge in [-0.25, -0.2) is 13.1 Å². The lowest BCUT2D eigenvalue weighted by molar-refractivity contribution is 0.126. The van der Waals surface area contributed by atoms with Crippen molar-refractivity contribution in [3.05, 3.63) is 41.3 Å². The molecule has 0 bridgehead atoms. The highest BCUT2D eigenvalue weighted by Gasteiger charge is 2.22. The fourth-order valence-corrected chi connectivity index (χ4v) is 3.65. The molecule has 0 spiro atoms. The van der Waals surface area contributed by atoms with Gasteiger partial charge in [0, 0.05) is 31.6 Å². The summed E-state index contributed by atoms with van der Waals surface area (Å²) in [6.07, 6.45) is 3.50. The monoisotopic (exact) mass is 324 g/mol. The van der Waals surface area contributed by atoms with Crippen LogP contribution < -0.4 is 4.72 Å². The van der Waals surface area contributed by atoms with Gasteiger partial charge in [0.1, 0.15) is 0 Å². The average Bonchev–Trinajstić information content (AvgIpc) is 2.52. The number of likely N-dealkylation sites (tertiary alicyclic amines) is 1. The van der Waals surface area contributed by atoms with Gasteiger partial charge in [-0.1, -0.05) is 30.3 Å². The van der Waals surface area contributed by atoms with E-state index in [1.165, 1.54) is 5.41 Å². The molecule has 1 aliphatic heterocycles. The number of hydrogen-bond acceptors (Lipinski definition) is 4. The number of nitrogens with one attached hydrogen (secondary N) is 1. The lowest BCUT2D eigenvalue weighted by Gasteiger charge is -2.32. The molecule has 1 aromatic rings. The van der Waals surface area contributed by atoms with Crippen LogP contribution in [-0.4, -0.2) is 52.7 Å². The lowest BCUT2D eigenvalue weighted by Crippen LogP contribution is -2.47. The van der Waals surface area contributed by atoms with E-state index in [2.05, 4.69) is 9.62 Å². The van der Waals surface area contributed by atoms with Crippen molar-refractivity contribution >= 4 is 16.1 Å². The fraction of sp³-hybridized carbons (Fsp3) is 0.500. The number of hydrogen-bond donors (Lipinski definition) is 1. The predicted molar refractivity (Wildman–Crippen MR) is 88.9 cm³/mol. The van der Waals surface area contributed by atoms with Crippen LogP contribution >= 0.6 is 0 Å². The number of rotatable bonds is 7. The minimum absolute atomic E-state index is 0.0315. The Morgan fingerprint density at radius 3 is 2.86 bits per heavy atom. The van der Waals surface area contributed by atoms with Crippen molar-refractivity contribution in [2.24, 2.45) is 0 Å². The minimum atomic E-state index is -3.41. The summed E-state index contributed by atoms with van der Waals surface area (Å²) in [6, 6.07) is 9.39. The van der Waals surface area contributed by atoms with E-state index in [1.807, 2.05) is 30.3 Å². The summed E-state index contributed by atoms with van der Waals surface area (Å²) in [6.45, 7) is 3.26. The quantitative estimate of drug-likeness (QED) is 0.829. The smallest absolute Gasteiger partial charge is 0.234 e. The standard InChI is InChI=1S/C16H24N2O3S/c1-21-12-11-18-10-5-8-16(14-18)17-22(19,20)13-9-15-6-3-2-4-7-15/h2-4,6-7,9,13,16-17H,5,8,10-12,14H2,1H3/b13-9+. The van der Waals surface area contributed by atoms with Crippen LogP contribution in [-0.2, 0) is 14.8 Å². The molecule has 1 heterocycles. The van der Waals surface area contributed by atoms with Gasteiger partial charge in [-0.3, -0.25) is 4.90 Å². The molecule has 2 rings (SSSR count). The molecule has 0 radical (unpaired) electrons. The molecule has 0 aromatic heterocycles. The van der Waals surface area contributed by atoms with Crippen LogP contribution in [0.5, 0.6) is 0 Å². The summed E-state index contributed by atoms with van der Waals surface area (Å²) >= 11 is 0. The Balaban J connectivity index is 1.89. The van der Waals surface area contributed by atoms with E-state index in [9.17, 15) is 8.42 Å². The van der Waals surface area contributed by atoms with Crippen molar-refractivity contribution in [3.8, 4) is 0 Å². The molecule has 0 aliphatic carbocycles. The van der Waals surface area contributed by atoms with E-state index < -0.39 is 10.0 Å². The Bertz CT molecular complexity index is 572. The summed E-state index contributed by atoms with van der Waals surface area (Å²) in [7, 11) is -1.73. The molecule has 1 aliphatic rings. The van der Waals surface area contributed by atoms with Crippen molar-refractivity contribution in [2.75, 3.05) is 33.4 Å². The summed E-state index contributed by atoms with van der Waals surface area (Å²) in [4.78, 5) is 2.24. The lowest BCUT2D eigenvalue weighted by atomic mass is 10.1. The van der Waals surface area contributed by atoms with Gasteiger partial charge in [0.05, 0.1) is 6.61 Å². The zero-order valence-corrected chi connectivity index (χ0v) is 13.8. The van der Waals surface area contributed by atoms with Crippen LogP contribution in [0.15, 0.2) is 35.7 Å². The van der Waals surface area contributed by atoms with Gasteiger partial charge in [-0.05, 0) is 31.0 Å². The molecule has 5 nitrogen and oxygen atoms in total. The van der Waals surface area contributed by atoms with Gasteiger partial charge in [-0.15, -0.1) is 0 Å². The van der Waals surface area contributed by atoms with Crippen molar-refractivity contribution < 1.29 is 13.2 Å². The third-order valence-electron chi connectivity index (χ3n) is 3.69. The average molecular weight is 324 g/mol. The maximum Gasteiger partial charge on any atom is 0.234 e. The Morgan fingerprint density at radius 1 is 1.36 bits per heavy atom. The summed E-state index contributed by atoms with van der Waals surface area (Å²) in [5.41, 5.74) is 0.873. The molecular formula is C16H24N2O3S. The number of benzene rings is 1. The van der Waals surface area contributed by atoms with Crippen LogP contribution in [0.3, 0.4) is 0 Å². The molecule has 1 aromatic carbocycles. The normalized spacial score (nSPS) is 20.5. The number of nitrogens with zero attached hydrogens (tertiary/aromatic N) is 1. The third kappa shape index (κ3) is 5.88. The first-order chi connectivity index (χ1) is 10.6. The van der Waals surface area contributed by atoms with E-state index in [1.54, 1.807) is 13.2 Å². The fourth-order valence-electron chi connectivity index (χ4n) is 2.58. The number of sulfonamides is 1. The van der Waals surface area contributed by atoms with Gasteiger partial charge in [0.2, 0.25) is 10.0 Å². The van der Waals surface area contributed by atoms with E-state index >= 15 is 0 Å². The van der Waals surface area contributed by atoms with Crippen molar-refractivity contribution in [1.29, 1.82) is 0 Å². The van der Waals surface area contributed by atoms with Gasteiger partial charge in [0.15, 0.2) is 0 Å². The Hall–Kier alpha value is -1.21. The molecule has 0 amide bonds. The first kappa shape index (κ1) is 17.1. The maximum absolute atomic E-state index is 12.2. The van der Waals surface area contributed by atoms with Gasteiger partial charge >= 0.3 is 0 Å². The first-order valence-electron chi connectivity index (χ1n) is 7.56.